The minimum Gasteiger partial charge on any atom is -0.383 e. The van der Waals surface area contributed by atoms with Crippen molar-refractivity contribution >= 4 is 21.4 Å². The minimum atomic E-state index is -3.59. The summed E-state index contributed by atoms with van der Waals surface area (Å²) in [5, 5.41) is 5.55. The highest BCUT2D eigenvalue weighted by atomic mass is 32.2. The van der Waals surface area contributed by atoms with E-state index in [0.29, 0.717) is 12.2 Å². The SMILES string of the molecule is CNc1c(S(=O)(=O)CC2CCC2)cc(C)n(CC(=O)NCc2ccc(C)nc2C)c1=O. The number of anilines is 1. The van der Waals surface area contributed by atoms with E-state index in [1.165, 1.54) is 17.7 Å². The Bertz CT molecular complexity index is 1150. The van der Waals surface area contributed by atoms with Gasteiger partial charge in [-0.25, -0.2) is 8.42 Å². The number of rotatable bonds is 8. The Hall–Kier alpha value is -2.68. The van der Waals surface area contributed by atoms with Crippen molar-refractivity contribution < 1.29 is 13.2 Å². The maximum Gasteiger partial charge on any atom is 0.275 e. The molecule has 0 aromatic carbocycles. The molecule has 168 valence electrons. The minimum absolute atomic E-state index is 0.0105. The molecule has 1 saturated carbocycles. The topological polar surface area (TPSA) is 110 Å². The van der Waals surface area contributed by atoms with Crippen LogP contribution >= 0.6 is 0 Å². The van der Waals surface area contributed by atoms with Crippen LogP contribution < -0.4 is 16.2 Å². The Labute approximate surface area is 183 Å². The first-order valence-corrected chi connectivity index (χ1v) is 12.1. The van der Waals surface area contributed by atoms with E-state index < -0.39 is 15.4 Å². The average Bonchev–Trinajstić information content (AvgIpc) is 2.67. The first-order valence-electron chi connectivity index (χ1n) is 10.5. The van der Waals surface area contributed by atoms with Crippen LogP contribution in [0.3, 0.4) is 0 Å². The molecule has 2 aromatic rings. The van der Waals surface area contributed by atoms with Gasteiger partial charge in [-0.15, -0.1) is 0 Å². The zero-order valence-corrected chi connectivity index (χ0v) is 19.3. The van der Waals surface area contributed by atoms with Crippen LogP contribution in [0, 0.1) is 26.7 Å². The van der Waals surface area contributed by atoms with Gasteiger partial charge in [-0.1, -0.05) is 12.5 Å². The Balaban J connectivity index is 1.79. The Morgan fingerprint density at radius 3 is 2.52 bits per heavy atom. The average molecular weight is 447 g/mol. The lowest BCUT2D eigenvalue weighted by atomic mass is 9.87. The Morgan fingerprint density at radius 2 is 1.94 bits per heavy atom. The molecule has 0 aliphatic heterocycles. The highest BCUT2D eigenvalue weighted by molar-refractivity contribution is 7.91. The van der Waals surface area contributed by atoms with E-state index in [1.807, 2.05) is 26.0 Å². The number of carbonyl (C=O) groups excluding carboxylic acids is 1. The molecule has 9 heteroatoms. The van der Waals surface area contributed by atoms with Gasteiger partial charge < -0.3 is 15.2 Å². The van der Waals surface area contributed by atoms with Crippen LogP contribution in [0.4, 0.5) is 5.69 Å². The number of carbonyl (C=O) groups is 1. The molecule has 0 atom stereocenters. The summed E-state index contributed by atoms with van der Waals surface area (Å²) in [7, 11) is -2.07. The molecule has 0 spiro atoms. The predicted octanol–water partition coefficient (Wildman–Crippen LogP) is 2.10. The molecule has 0 unspecified atom stereocenters. The highest BCUT2D eigenvalue weighted by Crippen LogP contribution is 2.31. The van der Waals surface area contributed by atoms with Crippen molar-refractivity contribution in [3.63, 3.8) is 0 Å². The lowest BCUT2D eigenvalue weighted by Crippen LogP contribution is -2.35. The van der Waals surface area contributed by atoms with Gasteiger partial charge in [0.1, 0.15) is 12.2 Å². The van der Waals surface area contributed by atoms with Crippen LogP contribution in [0.1, 0.15) is 41.9 Å². The normalized spacial score (nSPS) is 14.2. The smallest absolute Gasteiger partial charge is 0.275 e. The van der Waals surface area contributed by atoms with Crippen molar-refractivity contribution in [2.45, 2.75) is 58.0 Å². The maximum atomic E-state index is 13.0. The van der Waals surface area contributed by atoms with Crippen molar-refractivity contribution in [1.82, 2.24) is 14.9 Å². The summed E-state index contributed by atoms with van der Waals surface area (Å²) in [5.41, 5.74) is 2.57. The van der Waals surface area contributed by atoms with Crippen molar-refractivity contribution in [3.05, 3.63) is 51.2 Å². The molecule has 1 fully saturated rings. The van der Waals surface area contributed by atoms with Crippen molar-refractivity contribution in [2.24, 2.45) is 5.92 Å². The van der Waals surface area contributed by atoms with Gasteiger partial charge in [-0.3, -0.25) is 14.6 Å². The summed E-state index contributed by atoms with van der Waals surface area (Å²) in [4.78, 5) is 29.9. The van der Waals surface area contributed by atoms with Crippen LogP contribution in [-0.4, -0.2) is 36.7 Å². The second-order valence-corrected chi connectivity index (χ2v) is 10.2. The maximum absolute atomic E-state index is 13.0. The third-order valence-corrected chi connectivity index (χ3v) is 7.75. The number of amides is 1. The molecule has 0 radical (unpaired) electrons. The number of hydrogen-bond acceptors (Lipinski definition) is 6. The van der Waals surface area contributed by atoms with E-state index in [-0.39, 0.29) is 34.7 Å². The van der Waals surface area contributed by atoms with E-state index in [9.17, 15) is 18.0 Å². The van der Waals surface area contributed by atoms with Gasteiger partial charge in [0, 0.05) is 30.7 Å². The fourth-order valence-electron chi connectivity index (χ4n) is 3.77. The van der Waals surface area contributed by atoms with E-state index in [4.69, 9.17) is 0 Å². The van der Waals surface area contributed by atoms with Gasteiger partial charge in [-0.05, 0) is 57.2 Å². The van der Waals surface area contributed by atoms with Gasteiger partial charge >= 0.3 is 0 Å². The number of nitrogens with zero attached hydrogens (tertiary/aromatic N) is 2. The first kappa shape index (κ1) is 23.0. The summed E-state index contributed by atoms with van der Waals surface area (Å²) in [6.07, 6.45) is 2.85. The Kier molecular flexibility index (Phi) is 6.83. The van der Waals surface area contributed by atoms with Crippen LogP contribution in [0.15, 0.2) is 27.9 Å². The molecular formula is C22H30N4O4S. The van der Waals surface area contributed by atoms with Crippen molar-refractivity contribution in [1.29, 1.82) is 0 Å². The summed E-state index contributed by atoms with van der Waals surface area (Å²) < 4.78 is 27.1. The molecular weight excluding hydrogens is 416 g/mol. The van der Waals surface area contributed by atoms with Crippen molar-refractivity contribution in [3.8, 4) is 0 Å². The first-order chi connectivity index (χ1) is 14.6. The predicted molar refractivity (Wildman–Crippen MR) is 120 cm³/mol. The zero-order valence-electron chi connectivity index (χ0n) is 18.5. The number of aryl methyl sites for hydroxylation is 3. The van der Waals surface area contributed by atoms with E-state index >= 15 is 0 Å². The molecule has 2 heterocycles. The van der Waals surface area contributed by atoms with Crippen LogP contribution in [0.2, 0.25) is 0 Å². The quantitative estimate of drug-likeness (QED) is 0.643. The van der Waals surface area contributed by atoms with Crippen LogP contribution in [0.5, 0.6) is 0 Å². The third kappa shape index (κ3) is 5.15. The van der Waals surface area contributed by atoms with Crippen LogP contribution in [-0.2, 0) is 27.7 Å². The summed E-state index contributed by atoms with van der Waals surface area (Å²) >= 11 is 0. The lowest BCUT2D eigenvalue weighted by Gasteiger charge is -2.25. The van der Waals surface area contributed by atoms with Crippen molar-refractivity contribution in [2.75, 3.05) is 18.1 Å². The van der Waals surface area contributed by atoms with Gasteiger partial charge in [-0.2, -0.15) is 0 Å². The van der Waals surface area contributed by atoms with E-state index in [1.54, 1.807) is 6.92 Å². The molecule has 0 saturated heterocycles. The second kappa shape index (κ2) is 9.21. The Morgan fingerprint density at radius 1 is 1.23 bits per heavy atom. The van der Waals surface area contributed by atoms with Crippen LogP contribution in [0.25, 0.3) is 0 Å². The summed E-state index contributed by atoms with van der Waals surface area (Å²) in [6.45, 7) is 5.54. The molecule has 2 aromatic heterocycles. The third-order valence-electron chi connectivity index (χ3n) is 5.85. The molecule has 0 bridgehead atoms. The summed E-state index contributed by atoms with van der Waals surface area (Å²) in [5.74, 6) is -0.130. The molecule has 1 aliphatic rings. The molecule has 8 nitrogen and oxygen atoms in total. The second-order valence-electron chi connectivity index (χ2n) is 8.22. The number of hydrogen-bond donors (Lipinski definition) is 2. The molecule has 3 rings (SSSR count). The van der Waals surface area contributed by atoms with Gasteiger partial charge in [0.25, 0.3) is 5.56 Å². The van der Waals surface area contributed by atoms with E-state index in [0.717, 1.165) is 36.2 Å². The van der Waals surface area contributed by atoms with Gasteiger partial charge in [0.2, 0.25) is 5.91 Å². The lowest BCUT2D eigenvalue weighted by molar-refractivity contribution is -0.121. The zero-order chi connectivity index (χ0) is 22.8. The fraction of sp³-hybridized carbons (Fsp3) is 0.500. The molecule has 2 N–H and O–H groups in total. The fourth-order valence-corrected chi connectivity index (χ4v) is 5.75. The number of sulfone groups is 1. The number of aromatic nitrogens is 2. The standard InChI is InChI=1S/C22H30N4O4S/c1-14-8-9-18(16(3)25-14)11-24-20(27)12-26-15(2)10-19(21(23-4)22(26)28)31(29,30)13-17-6-5-7-17/h8-10,17,23H,5-7,11-13H2,1-4H3,(H,24,27). The number of nitrogens with one attached hydrogen (secondary N) is 2. The largest absolute Gasteiger partial charge is 0.383 e. The number of pyridine rings is 2. The van der Waals surface area contributed by atoms with E-state index in [2.05, 4.69) is 15.6 Å². The van der Waals surface area contributed by atoms with Gasteiger partial charge in [0.15, 0.2) is 9.84 Å². The highest BCUT2D eigenvalue weighted by Gasteiger charge is 2.29. The summed E-state index contributed by atoms with van der Waals surface area (Å²) in [6, 6.07) is 5.28. The molecule has 31 heavy (non-hydrogen) atoms. The molecule has 1 amide bonds. The van der Waals surface area contributed by atoms with Gasteiger partial charge in [0.05, 0.1) is 10.6 Å². The monoisotopic (exact) mass is 446 g/mol. The molecule has 1 aliphatic carbocycles.